The van der Waals surface area contributed by atoms with Gasteiger partial charge in [0, 0.05) is 22.8 Å². The van der Waals surface area contributed by atoms with E-state index in [9.17, 15) is 9.59 Å². The zero-order valence-electron chi connectivity index (χ0n) is 14.0. The van der Waals surface area contributed by atoms with E-state index in [0.717, 1.165) is 47.8 Å². The fourth-order valence-electron chi connectivity index (χ4n) is 3.05. The van der Waals surface area contributed by atoms with Crippen molar-refractivity contribution in [2.75, 3.05) is 18.4 Å². The van der Waals surface area contributed by atoms with E-state index in [4.69, 9.17) is 5.73 Å². The van der Waals surface area contributed by atoms with Crippen molar-refractivity contribution in [2.24, 2.45) is 5.73 Å². The summed E-state index contributed by atoms with van der Waals surface area (Å²) in [4.78, 5) is 28.7. The molecule has 136 valence electrons. The standard InChI is InChI=1S/C17H21N3O2S2.ClH/c1-2-6-20-7-5-12-13(10-20)24-17(15(12)16(18)22)19-14(21)9-11-4-3-8-23-11;/h3-4,8H,2,5-7,9-10H2,1H3,(H2,18,22)(H,19,21);1H. The molecular weight excluding hydrogens is 378 g/mol. The molecule has 0 aliphatic carbocycles. The van der Waals surface area contributed by atoms with E-state index in [1.165, 1.54) is 11.3 Å². The predicted octanol–water partition coefficient (Wildman–Crippen LogP) is 3.28. The van der Waals surface area contributed by atoms with E-state index in [0.29, 0.717) is 17.0 Å². The normalized spacial score (nSPS) is 13.8. The van der Waals surface area contributed by atoms with Crippen LogP contribution < -0.4 is 11.1 Å². The van der Waals surface area contributed by atoms with Gasteiger partial charge in [0.05, 0.1) is 12.0 Å². The van der Waals surface area contributed by atoms with Gasteiger partial charge >= 0.3 is 0 Å². The van der Waals surface area contributed by atoms with Crippen LogP contribution >= 0.6 is 35.1 Å². The second-order valence-corrected chi connectivity index (χ2v) is 8.04. The summed E-state index contributed by atoms with van der Waals surface area (Å²) < 4.78 is 0. The average Bonchev–Trinajstić information content (AvgIpc) is 3.14. The van der Waals surface area contributed by atoms with Crippen LogP contribution in [0.4, 0.5) is 5.00 Å². The molecule has 3 N–H and O–H groups in total. The molecule has 25 heavy (non-hydrogen) atoms. The Morgan fingerprint density at radius 2 is 2.20 bits per heavy atom. The third-order valence-corrected chi connectivity index (χ3v) is 6.10. The lowest BCUT2D eigenvalue weighted by atomic mass is 10.0. The summed E-state index contributed by atoms with van der Waals surface area (Å²) >= 11 is 3.04. The highest BCUT2D eigenvalue weighted by Gasteiger charge is 2.27. The summed E-state index contributed by atoms with van der Waals surface area (Å²) in [5.74, 6) is -0.563. The topological polar surface area (TPSA) is 75.4 Å². The Balaban J connectivity index is 0.00000225. The molecule has 0 radical (unpaired) electrons. The molecule has 0 spiro atoms. The number of carbonyl (C=O) groups excluding carboxylic acids is 2. The van der Waals surface area contributed by atoms with Gasteiger partial charge in [0.25, 0.3) is 5.91 Å². The van der Waals surface area contributed by atoms with Crippen LogP contribution in [-0.2, 0) is 24.2 Å². The van der Waals surface area contributed by atoms with E-state index in [1.54, 1.807) is 11.3 Å². The molecule has 3 heterocycles. The van der Waals surface area contributed by atoms with E-state index in [1.807, 2.05) is 17.5 Å². The Morgan fingerprint density at radius 3 is 2.84 bits per heavy atom. The first-order chi connectivity index (χ1) is 11.6. The number of amides is 2. The molecule has 2 aromatic rings. The molecule has 0 unspecified atom stereocenters. The Labute approximate surface area is 161 Å². The summed E-state index contributed by atoms with van der Waals surface area (Å²) in [6.45, 7) is 4.97. The highest BCUT2D eigenvalue weighted by Crippen LogP contribution is 2.37. The van der Waals surface area contributed by atoms with Gasteiger partial charge in [-0.05, 0) is 36.4 Å². The van der Waals surface area contributed by atoms with Crippen molar-refractivity contribution in [2.45, 2.75) is 32.7 Å². The predicted molar refractivity (Wildman–Crippen MR) is 106 cm³/mol. The van der Waals surface area contributed by atoms with Crippen LogP contribution in [0, 0.1) is 0 Å². The smallest absolute Gasteiger partial charge is 0.251 e. The molecule has 0 aromatic carbocycles. The molecular formula is C17H22ClN3O2S2. The summed E-state index contributed by atoms with van der Waals surface area (Å²) in [5.41, 5.74) is 7.12. The van der Waals surface area contributed by atoms with Crippen LogP contribution in [0.2, 0.25) is 0 Å². The van der Waals surface area contributed by atoms with Gasteiger partial charge in [-0.25, -0.2) is 0 Å². The highest BCUT2D eigenvalue weighted by atomic mass is 35.5. The van der Waals surface area contributed by atoms with Crippen LogP contribution in [0.5, 0.6) is 0 Å². The third kappa shape index (κ3) is 4.61. The Bertz CT molecular complexity index is 743. The molecule has 0 atom stereocenters. The third-order valence-electron chi connectivity index (χ3n) is 4.09. The van der Waals surface area contributed by atoms with E-state index < -0.39 is 5.91 Å². The number of primary amides is 1. The number of anilines is 1. The minimum absolute atomic E-state index is 0. The molecule has 0 saturated carbocycles. The van der Waals surface area contributed by atoms with Gasteiger partial charge in [0.15, 0.2) is 0 Å². The maximum absolute atomic E-state index is 12.3. The van der Waals surface area contributed by atoms with Crippen LogP contribution in [-0.4, -0.2) is 29.8 Å². The molecule has 2 amide bonds. The molecule has 5 nitrogen and oxygen atoms in total. The summed E-state index contributed by atoms with van der Waals surface area (Å²) in [6.07, 6.45) is 2.24. The number of halogens is 1. The Kier molecular flexibility index (Phi) is 7.01. The van der Waals surface area contributed by atoms with Crippen LogP contribution in [0.1, 0.15) is 39.0 Å². The van der Waals surface area contributed by atoms with Crippen molar-refractivity contribution >= 4 is 51.9 Å². The van der Waals surface area contributed by atoms with Gasteiger partial charge in [-0.15, -0.1) is 35.1 Å². The van der Waals surface area contributed by atoms with Crippen molar-refractivity contribution in [3.05, 3.63) is 38.4 Å². The fourth-order valence-corrected chi connectivity index (χ4v) is 5.07. The number of nitrogens with zero attached hydrogens (tertiary/aromatic N) is 1. The van der Waals surface area contributed by atoms with Crippen LogP contribution in [0.15, 0.2) is 17.5 Å². The van der Waals surface area contributed by atoms with Gasteiger partial charge in [-0.1, -0.05) is 13.0 Å². The largest absolute Gasteiger partial charge is 0.365 e. The zero-order chi connectivity index (χ0) is 17.1. The first-order valence-corrected chi connectivity index (χ1v) is 9.77. The van der Waals surface area contributed by atoms with Crippen molar-refractivity contribution < 1.29 is 9.59 Å². The number of hydrogen-bond acceptors (Lipinski definition) is 5. The van der Waals surface area contributed by atoms with E-state index >= 15 is 0 Å². The maximum atomic E-state index is 12.3. The van der Waals surface area contributed by atoms with Gasteiger partial charge in [-0.2, -0.15) is 0 Å². The average molecular weight is 400 g/mol. The van der Waals surface area contributed by atoms with Crippen LogP contribution in [0.25, 0.3) is 0 Å². The van der Waals surface area contributed by atoms with Crippen molar-refractivity contribution in [1.82, 2.24) is 4.90 Å². The summed E-state index contributed by atoms with van der Waals surface area (Å²) in [6, 6.07) is 3.86. The number of thiophene rings is 2. The van der Waals surface area contributed by atoms with Gasteiger partial charge < -0.3 is 11.1 Å². The lowest BCUT2D eigenvalue weighted by Crippen LogP contribution is -2.31. The van der Waals surface area contributed by atoms with Gasteiger partial charge in [0.2, 0.25) is 5.91 Å². The number of carbonyl (C=O) groups is 2. The number of fused-ring (bicyclic) bond motifs is 1. The van der Waals surface area contributed by atoms with Crippen LogP contribution in [0.3, 0.4) is 0 Å². The van der Waals surface area contributed by atoms with Crippen molar-refractivity contribution in [1.29, 1.82) is 0 Å². The monoisotopic (exact) mass is 399 g/mol. The summed E-state index contributed by atoms with van der Waals surface area (Å²) in [5, 5.41) is 5.45. The number of rotatable bonds is 6. The minimum atomic E-state index is -0.456. The molecule has 1 aliphatic heterocycles. The molecule has 2 aromatic heterocycles. The van der Waals surface area contributed by atoms with Gasteiger partial charge in [0.1, 0.15) is 5.00 Å². The maximum Gasteiger partial charge on any atom is 0.251 e. The quantitative estimate of drug-likeness (QED) is 0.782. The molecule has 1 aliphatic rings. The Hall–Kier alpha value is -1.41. The SMILES string of the molecule is CCCN1CCc2c(sc(NC(=O)Cc3cccs3)c2C(N)=O)C1.Cl. The first kappa shape index (κ1) is 19.9. The van der Waals surface area contributed by atoms with E-state index in [-0.39, 0.29) is 18.3 Å². The number of nitrogens with two attached hydrogens (primary N) is 1. The molecule has 8 heteroatoms. The van der Waals surface area contributed by atoms with Crippen molar-refractivity contribution in [3.63, 3.8) is 0 Å². The number of nitrogens with one attached hydrogen (secondary N) is 1. The second kappa shape index (κ2) is 8.80. The second-order valence-electron chi connectivity index (χ2n) is 5.90. The fraction of sp³-hybridized carbons (Fsp3) is 0.412. The minimum Gasteiger partial charge on any atom is -0.365 e. The molecule has 0 bridgehead atoms. The zero-order valence-corrected chi connectivity index (χ0v) is 16.5. The van der Waals surface area contributed by atoms with Crippen molar-refractivity contribution in [3.8, 4) is 0 Å². The Morgan fingerprint density at radius 1 is 1.40 bits per heavy atom. The summed E-state index contributed by atoms with van der Waals surface area (Å²) in [7, 11) is 0. The van der Waals surface area contributed by atoms with E-state index in [2.05, 4.69) is 17.1 Å². The lowest BCUT2D eigenvalue weighted by Gasteiger charge is -2.26. The molecule has 3 rings (SSSR count). The highest BCUT2D eigenvalue weighted by molar-refractivity contribution is 7.17. The number of hydrogen-bond donors (Lipinski definition) is 2. The molecule has 0 saturated heterocycles. The van der Waals surface area contributed by atoms with Gasteiger partial charge in [-0.3, -0.25) is 14.5 Å². The lowest BCUT2D eigenvalue weighted by molar-refractivity contribution is -0.115. The first-order valence-electron chi connectivity index (χ1n) is 8.07. The molecule has 0 fully saturated rings.